The van der Waals surface area contributed by atoms with Gasteiger partial charge in [-0.25, -0.2) is 0 Å². The SMILES string of the molecule is COc1ccc(/C=C2\Oc3ccc(O)c(OC)c3C3=C2C2C(C)=CC(C)(C)NC2C=C3)cc1. The lowest BCUT2D eigenvalue weighted by Gasteiger charge is -2.44. The average Bonchev–Trinajstić information content (AvgIpc) is 2.78. The lowest BCUT2D eigenvalue weighted by molar-refractivity contribution is 0.337. The highest BCUT2D eigenvalue weighted by Gasteiger charge is 2.41. The standard InChI is InChI=1S/C28H29NO4/c1-16-15-28(2,3)29-20-11-10-19-25(24(16)20)23(14-17-6-8-18(31-4)9-7-17)33-22-13-12-21(30)27(32-5)26(19)22/h6-15,20,24,29-30H,1-5H3/b23-14-. The van der Waals surface area contributed by atoms with E-state index in [1.807, 2.05) is 24.3 Å². The molecule has 3 aliphatic rings. The zero-order chi connectivity index (χ0) is 23.3. The average molecular weight is 444 g/mol. The second-order valence-corrected chi connectivity index (χ2v) is 9.32. The molecule has 2 unspecified atom stereocenters. The van der Waals surface area contributed by atoms with E-state index >= 15 is 0 Å². The fraction of sp³-hybridized carbons (Fsp3) is 0.286. The van der Waals surface area contributed by atoms with E-state index in [-0.39, 0.29) is 23.2 Å². The van der Waals surface area contributed by atoms with Crippen LogP contribution in [0.2, 0.25) is 0 Å². The number of phenolic OH excluding ortho intramolecular Hbond substituents is 1. The normalized spacial score (nSPS) is 23.8. The summed E-state index contributed by atoms with van der Waals surface area (Å²) in [5, 5.41) is 14.2. The number of phenols is 1. The van der Waals surface area contributed by atoms with Gasteiger partial charge in [0.15, 0.2) is 11.5 Å². The van der Waals surface area contributed by atoms with Crippen molar-refractivity contribution >= 4 is 11.6 Å². The topological polar surface area (TPSA) is 60.0 Å². The van der Waals surface area contributed by atoms with Crippen LogP contribution in [0.25, 0.3) is 11.6 Å². The minimum Gasteiger partial charge on any atom is -0.504 e. The first-order valence-corrected chi connectivity index (χ1v) is 11.1. The van der Waals surface area contributed by atoms with Crippen molar-refractivity contribution in [2.75, 3.05) is 14.2 Å². The van der Waals surface area contributed by atoms with Crippen molar-refractivity contribution in [2.45, 2.75) is 32.4 Å². The molecule has 0 amide bonds. The molecule has 2 aliphatic heterocycles. The van der Waals surface area contributed by atoms with Crippen LogP contribution in [0.4, 0.5) is 0 Å². The number of aromatic hydroxyl groups is 1. The Labute approximate surface area is 194 Å². The Kier molecular flexibility index (Phi) is 5.09. The number of allylic oxidation sites excluding steroid dienone is 3. The first-order valence-electron chi connectivity index (χ1n) is 11.1. The van der Waals surface area contributed by atoms with Gasteiger partial charge in [-0.1, -0.05) is 35.9 Å². The molecule has 33 heavy (non-hydrogen) atoms. The maximum Gasteiger partial charge on any atom is 0.172 e. The van der Waals surface area contributed by atoms with Crippen LogP contribution in [-0.4, -0.2) is 30.9 Å². The predicted octanol–water partition coefficient (Wildman–Crippen LogP) is 5.48. The fourth-order valence-corrected chi connectivity index (χ4v) is 5.26. The summed E-state index contributed by atoms with van der Waals surface area (Å²) in [4.78, 5) is 0. The van der Waals surface area contributed by atoms with Crippen LogP contribution in [0.1, 0.15) is 31.9 Å². The summed E-state index contributed by atoms with van der Waals surface area (Å²) < 4.78 is 17.4. The van der Waals surface area contributed by atoms with Gasteiger partial charge in [0.2, 0.25) is 0 Å². The number of ether oxygens (including phenoxy) is 3. The third kappa shape index (κ3) is 3.62. The van der Waals surface area contributed by atoms with Gasteiger partial charge >= 0.3 is 0 Å². The number of hydrogen-bond acceptors (Lipinski definition) is 5. The molecule has 5 rings (SSSR count). The highest BCUT2D eigenvalue weighted by atomic mass is 16.5. The molecule has 170 valence electrons. The number of methoxy groups -OCH3 is 2. The van der Waals surface area contributed by atoms with Crippen LogP contribution in [0, 0.1) is 5.92 Å². The molecule has 1 aliphatic carbocycles. The van der Waals surface area contributed by atoms with Gasteiger partial charge in [0.25, 0.3) is 0 Å². The smallest absolute Gasteiger partial charge is 0.172 e. The molecule has 0 aromatic heterocycles. The van der Waals surface area contributed by atoms with Crippen LogP contribution in [0.5, 0.6) is 23.0 Å². The van der Waals surface area contributed by atoms with E-state index in [0.717, 1.165) is 33.8 Å². The second kappa shape index (κ2) is 7.85. The van der Waals surface area contributed by atoms with E-state index in [0.29, 0.717) is 11.5 Å². The first-order chi connectivity index (χ1) is 15.8. The summed E-state index contributed by atoms with van der Waals surface area (Å²) in [6.07, 6.45) is 8.70. The second-order valence-electron chi connectivity index (χ2n) is 9.32. The van der Waals surface area contributed by atoms with Gasteiger partial charge in [0.05, 0.1) is 19.8 Å². The van der Waals surface area contributed by atoms with Crippen LogP contribution >= 0.6 is 0 Å². The third-order valence-electron chi connectivity index (χ3n) is 6.52. The van der Waals surface area contributed by atoms with E-state index in [2.05, 4.69) is 50.4 Å². The Morgan fingerprint density at radius 3 is 2.52 bits per heavy atom. The molecular weight excluding hydrogens is 414 g/mol. The van der Waals surface area contributed by atoms with Gasteiger partial charge in [0, 0.05) is 23.1 Å². The predicted molar refractivity (Wildman–Crippen MR) is 131 cm³/mol. The Morgan fingerprint density at radius 2 is 1.82 bits per heavy atom. The summed E-state index contributed by atoms with van der Waals surface area (Å²) >= 11 is 0. The van der Waals surface area contributed by atoms with Gasteiger partial charge < -0.3 is 24.6 Å². The highest BCUT2D eigenvalue weighted by molar-refractivity contribution is 5.91. The maximum atomic E-state index is 10.5. The van der Waals surface area contributed by atoms with Crippen molar-refractivity contribution < 1.29 is 19.3 Å². The monoisotopic (exact) mass is 443 g/mol. The lowest BCUT2D eigenvalue weighted by Crippen LogP contribution is -2.52. The van der Waals surface area contributed by atoms with E-state index in [4.69, 9.17) is 14.2 Å². The van der Waals surface area contributed by atoms with Gasteiger partial charge in [-0.3, -0.25) is 0 Å². The van der Waals surface area contributed by atoms with Crippen molar-refractivity contribution in [3.05, 3.63) is 82.7 Å². The molecule has 0 bridgehead atoms. The summed E-state index contributed by atoms with van der Waals surface area (Å²) in [5.74, 6) is 2.89. The highest BCUT2D eigenvalue weighted by Crippen LogP contribution is 2.52. The number of hydrogen-bond donors (Lipinski definition) is 2. The molecule has 2 aromatic carbocycles. The van der Waals surface area contributed by atoms with Crippen molar-refractivity contribution in [3.8, 4) is 23.0 Å². The van der Waals surface area contributed by atoms with Gasteiger partial charge in [-0.05, 0) is 62.2 Å². The Hall–Kier alpha value is -3.44. The Bertz CT molecular complexity index is 1230. The summed E-state index contributed by atoms with van der Waals surface area (Å²) in [5.41, 5.74) is 5.09. The molecule has 0 spiro atoms. The van der Waals surface area contributed by atoms with E-state index < -0.39 is 0 Å². The summed E-state index contributed by atoms with van der Waals surface area (Å²) in [7, 11) is 3.24. The Morgan fingerprint density at radius 1 is 1.06 bits per heavy atom. The van der Waals surface area contributed by atoms with E-state index in [1.54, 1.807) is 26.4 Å². The molecule has 5 heteroatoms. The molecular formula is C28H29NO4. The number of nitrogens with one attached hydrogen (secondary N) is 1. The van der Waals surface area contributed by atoms with Crippen LogP contribution in [0.3, 0.4) is 0 Å². The molecule has 0 fully saturated rings. The molecule has 2 heterocycles. The number of fused-ring (bicyclic) bond motifs is 4. The third-order valence-corrected chi connectivity index (χ3v) is 6.52. The van der Waals surface area contributed by atoms with E-state index in [9.17, 15) is 5.11 Å². The van der Waals surface area contributed by atoms with Crippen LogP contribution in [0.15, 0.2) is 71.5 Å². The van der Waals surface area contributed by atoms with Gasteiger partial charge in [-0.2, -0.15) is 0 Å². The zero-order valence-corrected chi connectivity index (χ0v) is 19.6. The molecule has 0 saturated carbocycles. The van der Waals surface area contributed by atoms with Crippen molar-refractivity contribution in [1.29, 1.82) is 0 Å². The van der Waals surface area contributed by atoms with Gasteiger partial charge in [0.1, 0.15) is 17.3 Å². The molecule has 2 atom stereocenters. The summed E-state index contributed by atoms with van der Waals surface area (Å²) in [6.45, 7) is 6.56. The minimum atomic E-state index is -0.100. The molecule has 0 radical (unpaired) electrons. The van der Waals surface area contributed by atoms with Crippen LogP contribution in [-0.2, 0) is 0 Å². The first kappa shape index (κ1) is 21.4. The van der Waals surface area contributed by atoms with Crippen molar-refractivity contribution in [3.63, 3.8) is 0 Å². The van der Waals surface area contributed by atoms with Crippen molar-refractivity contribution in [2.24, 2.45) is 5.92 Å². The quantitative estimate of drug-likeness (QED) is 0.615. The lowest BCUT2D eigenvalue weighted by atomic mass is 9.71. The maximum absolute atomic E-state index is 10.5. The molecule has 2 aromatic rings. The largest absolute Gasteiger partial charge is 0.504 e. The fourth-order valence-electron chi connectivity index (χ4n) is 5.26. The Balaban J connectivity index is 1.74. The molecule has 0 saturated heterocycles. The van der Waals surface area contributed by atoms with Crippen molar-refractivity contribution in [1.82, 2.24) is 5.32 Å². The number of rotatable bonds is 3. The molecule has 2 N–H and O–H groups in total. The molecule has 5 nitrogen and oxygen atoms in total. The number of benzene rings is 2. The summed E-state index contributed by atoms with van der Waals surface area (Å²) in [6, 6.07) is 11.5. The van der Waals surface area contributed by atoms with Crippen LogP contribution < -0.4 is 19.5 Å². The van der Waals surface area contributed by atoms with E-state index in [1.165, 1.54) is 5.57 Å². The minimum absolute atomic E-state index is 0.0972. The van der Waals surface area contributed by atoms with Gasteiger partial charge in [-0.15, -0.1) is 0 Å². The zero-order valence-electron chi connectivity index (χ0n) is 19.6.